The Bertz CT molecular complexity index is 474. The summed E-state index contributed by atoms with van der Waals surface area (Å²) >= 11 is 0. The average Bonchev–Trinajstić information content (AvgIpc) is 2.38. The molecule has 1 fully saturated rings. The maximum absolute atomic E-state index is 11.3. The van der Waals surface area contributed by atoms with E-state index in [4.69, 9.17) is 4.74 Å². The van der Waals surface area contributed by atoms with Gasteiger partial charge in [-0.2, -0.15) is 0 Å². The molecule has 1 saturated heterocycles. The second-order valence-corrected chi connectivity index (χ2v) is 6.31. The Kier molecular flexibility index (Phi) is 4.26. The first-order valence-corrected chi connectivity index (χ1v) is 7.11. The molecule has 2 heterocycles. The van der Waals surface area contributed by atoms with Gasteiger partial charge in [0.15, 0.2) is 0 Å². The number of hydrogen-bond acceptors (Lipinski definition) is 4. The van der Waals surface area contributed by atoms with E-state index in [2.05, 4.69) is 30.7 Å². The second kappa shape index (κ2) is 5.77. The van der Waals surface area contributed by atoms with Gasteiger partial charge in [-0.15, -0.1) is 0 Å². The lowest BCUT2D eigenvalue weighted by atomic mass is 9.92. The van der Waals surface area contributed by atoms with Crippen LogP contribution in [-0.4, -0.2) is 40.0 Å². The predicted octanol–water partition coefficient (Wildman–Crippen LogP) is 2.16. The van der Waals surface area contributed by atoms with Crippen LogP contribution in [-0.2, 0) is 10.2 Å². The molecule has 0 atom stereocenters. The maximum atomic E-state index is 11.3. The molecule has 0 bridgehead atoms. The van der Waals surface area contributed by atoms with Gasteiger partial charge in [0.1, 0.15) is 12.4 Å². The molecule has 0 aliphatic carbocycles. The van der Waals surface area contributed by atoms with Crippen LogP contribution >= 0.6 is 0 Å². The molecule has 0 spiro atoms. The third kappa shape index (κ3) is 3.68. The average molecular weight is 277 g/mol. The van der Waals surface area contributed by atoms with Crippen LogP contribution in [0.2, 0.25) is 0 Å². The van der Waals surface area contributed by atoms with Crippen LogP contribution in [0.25, 0.3) is 0 Å². The van der Waals surface area contributed by atoms with Crippen molar-refractivity contribution in [3.05, 3.63) is 18.1 Å². The molecule has 1 aromatic heterocycles. The van der Waals surface area contributed by atoms with Gasteiger partial charge in [0, 0.05) is 44.3 Å². The Morgan fingerprint density at radius 3 is 2.50 bits per heavy atom. The summed E-state index contributed by atoms with van der Waals surface area (Å²) in [5, 5.41) is 0. The molecular weight excluding hydrogens is 254 g/mol. The summed E-state index contributed by atoms with van der Waals surface area (Å²) in [6, 6.07) is 1.91. The first kappa shape index (κ1) is 14.8. The van der Waals surface area contributed by atoms with Crippen molar-refractivity contribution >= 4 is 5.91 Å². The first-order chi connectivity index (χ1) is 9.36. The smallest absolute Gasteiger partial charge is 0.219 e. The third-order valence-corrected chi connectivity index (χ3v) is 3.59. The highest BCUT2D eigenvalue weighted by Gasteiger charge is 2.23. The van der Waals surface area contributed by atoms with Gasteiger partial charge in [0.25, 0.3) is 0 Å². The van der Waals surface area contributed by atoms with E-state index >= 15 is 0 Å². The number of piperidine rings is 1. The molecule has 1 aliphatic rings. The predicted molar refractivity (Wildman–Crippen MR) is 76.6 cm³/mol. The minimum atomic E-state index is -0.0148. The first-order valence-electron chi connectivity index (χ1n) is 7.11. The van der Waals surface area contributed by atoms with Gasteiger partial charge in [-0.1, -0.05) is 20.8 Å². The molecule has 0 saturated carbocycles. The van der Waals surface area contributed by atoms with Gasteiger partial charge in [0.05, 0.1) is 5.69 Å². The summed E-state index contributed by atoms with van der Waals surface area (Å²) in [4.78, 5) is 21.6. The quantitative estimate of drug-likeness (QED) is 0.831. The molecule has 110 valence electrons. The summed E-state index contributed by atoms with van der Waals surface area (Å²) in [5.41, 5.74) is 0.961. The van der Waals surface area contributed by atoms with E-state index in [0.717, 1.165) is 31.6 Å². The molecule has 0 radical (unpaired) electrons. The molecule has 0 aromatic carbocycles. The molecule has 20 heavy (non-hydrogen) atoms. The zero-order chi connectivity index (χ0) is 14.8. The summed E-state index contributed by atoms with van der Waals surface area (Å²) in [5.74, 6) is 0.770. The van der Waals surface area contributed by atoms with E-state index in [1.54, 1.807) is 13.3 Å². The van der Waals surface area contributed by atoms with Crippen LogP contribution in [0.5, 0.6) is 5.88 Å². The van der Waals surface area contributed by atoms with Crippen LogP contribution in [0.3, 0.4) is 0 Å². The van der Waals surface area contributed by atoms with Crippen molar-refractivity contribution in [1.82, 2.24) is 14.9 Å². The van der Waals surface area contributed by atoms with Crippen LogP contribution in [0, 0.1) is 0 Å². The SMILES string of the molecule is CC(=O)N1CCC(Oc2cc(C(C)(C)C)ncn2)CC1. The number of aromatic nitrogens is 2. The zero-order valence-electron chi connectivity index (χ0n) is 12.7. The molecule has 0 N–H and O–H groups in total. The topological polar surface area (TPSA) is 55.3 Å². The van der Waals surface area contributed by atoms with Gasteiger partial charge in [-0.3, -0.25) is 4.79 Å². The monoisotopic (exact) mass is 277 g/mol. The number of hydrogen-bond donors (Lipinski definition) is 0. The lowest BCUT2D eigenvalue weighted by molar-refractivity contribution is -0.130. The number of amides is 1. The molecule has 2 rings (SSSR count). The van der Waals surface area contributed by atoms with Crippen molar-refractivity contribution in [1.29, 1.82) is 0 Å². The fraction of sp³-hybridized carbons (Fsp3) is 0.667. The Balaban J connectivity index is 1.96. The van der Waals surface area contributed by atoms with Gasteiger partial charge in [-0.25, -0.2) is 9.97 Å². The van der Waals surface area contributed by atoms with Gasteiger partial charge >= 0.3 is 0 Å². The number of likely N-dealkylation sites (tertiary alicyclic amines) is 1. The summed E-state index contributed by atoms with van der Waals surface area (Å²) in [6.07, 6.45) is 3.40. The van der Waals surface area contributed by atoms with Crippen LogP contribution in [0.1, 0.15) is 46.2 Å². The van der Waals surface area contributed by atoms with Crippen molar-refractivity contribution in [3.63, 3.8) is 0 Å². The zero-order valence-corrected chi connectivity index (χ0v) is 12.7. The van der Waals surface area contributed by atoms with Crippen LogP contribution in [0.4, 0.5) is 0 Å². The van der Waals surface area contributed by atoms with Gasteiger partial charge < -0.3 is 9.64 Å². The highest BCUT2D eigenvalue weighted by Crippen LogP contribution is 2.23. The van der Waals surface area contributed by atoms with E-state index in [-0.39, 0.29) is 17.4 Å². The number of carbonyl (C=O) groups excluding carboxylic acids is 1. The largest absolute Gasteiger partial charge is 0.474 e. The summed E-state index contributed by atoms with van der Waals surface area (Å²) < 4.78 is 5.93. The van der Waals surface area contributed by atoms with E-state index in [1.165, 1.54) is 0 Å². The lowest BCUT2D eigenvalue weighted by Crippen LogP contribution is -2.40. The Labute approximate surface area is 120 Å². The van der Waals surface area contributed by atoms with E-state index in [1.807, 2.05) is 11.0 Å². The van der Waals surface area contributed by atoms with E-state index in [9.17, 15) is 4.79 Å². The fourth-order valence-electron chi connectivity index (χ4n) is 2.27. The molecule has 5 nitrogen and oxygen atoms in total. The van der Waals surface area contributed by atoms with Gasteiger partial charge in [0.2, 0.25) is 11.8 Å². The van der Waals surface area contributed by atoms with Crippen LogP contribution < -0.4 is 4.74 Å². The molecule has 5 heteroatoms. The Hall–Kier alpha value is -1.65. The van der Waals surface area contributed by atoms with Gasteiger partial charge in [-0.05, 0) is 0 Å². The molecule has 1 amide bonds. The van der Waals surface area contributed by atoms with E-state index < -0.39 is 0 Å². The number of carbonyl (C=O) groups is 1. The highest BCUT2D eigenvalue weighted by atomic mass is 16.5. The highest BCUT2D eigenvalue weighted by molar-refractivity contribution is 5.73. The minimum Gasteiger partial charge on any atom is -0.474 e. The van der Waals surface area contributed by atoms with Crippen molar-refractivity contribution < 1.29 is 9.53 Å². The second-order valence-electron chi connectivity index (χ2n) is 6.31. The Morgan fingerprint density at radius 2 is 1.95 bits per heavy atom. The minimum absolute atomic E-state index is 0.0148. The molecule has 1 aliphatic heterocycles. The van der Waals surface area contributed by atoms with E-state index in [0.29, 0.717) is 5.88 Å². The standard InChI is InChI=1S/C15H23N3O2/c1-11(19)18-7-5-12(6-8-18)20-14-9-13(15(2,3)4)16-10-17-14/h9-10,12H,5-8H2,1-4H3. The molecular formula is C15H23N3O2. The lowest BCUT2D eigenvalue weighted by Gasteiger charge is -2.31. The third-order valence-electron chi connectivity index (χ3n) is 3.59. The normalized spacial score (nSPS) is 17.1. The maximum Gasteiger partial charge on any atom is 0.219 e. The number of rotatable bonds is 2. The molecule has 1 aromatic rings. The van der Waals surface area contributed by atoms with Crippen molar-refractivity contribution in [3.8, 4) is 5.88 Å². The fourth-order valence-corrected chi connectivity index (χ4v) is 2.27. The van der Waals surface area contributed by atoms with Crippen LogP contribution in [0.15, 0.2) is 12.4 Å². The number of ether oxygens (including phenoxy) is 1. The molecule has 0 unspecified atom stereocenters. The summed E-state index contributed by atoms with van der Waals surface area (Å²) in [6.45, 7) is 9.48. The van der Waals surface area contributed by atoms with Crippen molar-refractivity contribution in [2.45, 2.75) is 52.1 Å². The Morgan fingerprint density at radius 1 is 1.30 bits per heavy atom. The summed E-state index contributed by atoms with van der Waals surface area (Å²) in [7, 11) is 0. The van der Waals surface area contributed by atoms with Crippen molar-refractivity contribution in [2.24, 2.45) is 0 Å². The number of nitrogens with zero attached hydrogens (tertiary/aromatic N) is 3. The van der Waals surface area contributed by atoms with Crippen molar-refractivity contribution in [2.75, 3.05) is 13.1 Å².